The van der Waals surface area contributed by atoms with Crippen molar-refractivity contribution >= 4 is 22.6 Å². The second-order valence-electron chi connectivity index (χ2n) is 6.80. The first-order valence-electron chi connectivity index (χ1n) is 8.66. The summed E-state index contributed by atoms with van der Waals surface area (Å²) in [6, 6.07) is 10.6. The van der Waals surface area contributed by atoms with Crippen LogP contribution in [0.5, 0.6) is 0 Å². The second kappa shape index (κ2) is 7.18. The minimum atomic E-state index is 0.109. The van der Waals surface area contributed by atoms with Gasteiger partial charge in [0.2, 0.25) is 5.91 Å². The van der Waals surface area contributed by atoms with Gasteiger partial charge in [-0.25, -0.2) is 4.98 Å². The number of piperazine rings is 1. The van der Waals surface area contributed by atoms with Crippen LogP contribution >= 0.6 is 0 Å². The van der Waals surface area contributed by atoms with Crippen molar-refractivity contribution in [2.45, 2.75) is 26.8 Å². The van der Waals surface area contributed by atoms with Crippen LogP contribution in [0.4, 0.5) is 5.82 Å². The number of anilines is 1. The Labute approximate surface area is 143 Å². The molecule has 0 aliphatic carbocycles. The Bertz CT molecular complexity index is 720. The average Bonchev–Trinajstić information content (AvgIpc) is 2.54. The molecule has 5 heteroatoms. The number of aryl methyl sites for hydroxylation is 1. The maximum atomic E-state index is 11.9. The van der Waals surface area contributed by atoms with E-state index in [0.29, 0.717) is 6.54 Å². The predicted molar refractivity (Wildman–Crippen MR) is 98.4 cm³/mol. The number of benzene rings is 1. The highest BCUT2D eigenvalue weighted by Gasteiger charge is 2.20. The van der Waals surface area contributed by atoms with Crippen LogP contribution in [0.25, 0.3) is 10.9 Å². The topological polar surface area (TPSA) is 48.5 Å². The molecule has 0 atom stereocenters. The van der Waals surface area contributed by atoms with Gasteiger partial charge in [-0.05, 0) is 38.5 Å². The van der Waals surface area contributed by atoms with Gasteiger partial charge in [-0.2, -0.15) is 0 Å². The molecule has 1 aliphatic heterocycles. The lowest BCUT2D eigenvalue weighted by molar-refractivity contribution is -0.122. The monoisotopic (exact) mass is 326 g/mol. The lowest BCUT2D eigenvalue weighted by Crippen LogP contribution is -2.50. The van der Waals surface area contributed by atoms with Crippen LogP contribution in [0.3, 0.4) is 0 Å². The van der Waals surface area contributed by atoms with Crippen LogP contribution in [0.15, 0.2) is 30.3 Å². The summed E-state index contributed by atoms with van der Waals surface area (Å²) in [5, 5.41) is 4.17. The molecular weight excluding hydrogens is 300 g/mol. The van der Waals surface area contributed by atoms with E-state index < -0.39 is 0 Å². The molecule has 1 aromatic heterocycles. The van der Waals surface area contributed by atoms with Crippen LogP contribution in [-0.2, 0) is 4.79 Å². The summed E-state index contributed by atoms with van der Waals surface area (Å²) in [5.41, 5.74) is 2.31. The lowest BCUT2D eigenvalue weighted by Gasteiger charge is -2.35. The molecule has 1 N–H and O–H groups in total. The summed E-state index contributed by atoms with van der Waals surface area (Å²) >= 11 is 0. The molecule has 1 fully saturated rings. The van der Waals surface area contributed by atoms with Crippen LogP contribution in [0, 0.1) is 6.92 Å². The fraction of sp³-hybridized carbons (Fsp3) is 0.474. The Hall–Kier alpha value is -2.14. The van der Waals surface area contributed by atoms with Gasteiger partial charge in [0.15, 0.2) is 0 Å². The first kappa shape index (κ1) is 16.7. The number of para-hydroxylation sites is 1. The molecule has 5 nitrogen and oxygen atoms in total. The summed E-state index contributed by atoms with van der Waals surface area (Å²) in [7, 11) is 0. The van der Waals surface area contributed by atoms with E-state index in [4.69, 9.17) is 4.98 Å². The summed E-state index contributed by atoms with van der Waals surface area (Å²) in [6.45, 7) is 10.2. The molecular formula is C19H26N4O. The molecule has 1 aliphatic rings. The van der Waals surface area contributed by atoms with Crippen LogP contribution in [0.2, 0.25) is 0 Å². The summed E-state index contributed by atoms with van der Waals surface area (Å²) in [5.74, 6) is 1.15. The van der Waals surface area contributed by atoms with Crippen LogP contribution < -0.4 is 10.2 Å². The number of hydrogen-bond acceptors (Lipinski definition) is 4. The standard InChI is InChI=1S/C19H26N4O/c1-14(2)20-19(24)13-22-8-10-23(11-9-22)18-12-15(3)16-6-4-5-7-17(16)21-18/h4-7,12,14H,8-11,13H2,1-3H3,(H,20,24). The Morgan fingerprint density at radius 1 is 1.21 bits per heavy atom. The number of fused-ring (bicyclic) bond motifs is 1. The van der Waals surface area contributed by atoms with Gasteiger partial charge in [0.1, 0.15) is 5.82 Å². The smallest absolute Gasteiger partial charge is 0.234 e. The van der Waals surface area contributed by atoms with E-state index in [1.165, 1.54) is 10.9 Å². The van der Waals surface area contributed by atoms with Crippen molar-refractivity contribution in [3.8, 4) is 0 Å². The van der Waals surface area contributed by atoms with Gasteiger partial charge in [0.05, 0.1) is 12.1 Å². The molecule has 0 saturated carbocycles. The number of rotatable bonds is 4. The zero-order chi connectivity index (χ0) is 17.1. The number of nitrogens with one attached hydrogen (secondary N) is 1. The number of nitrogens with zero attached hydrogens (tertiary/aromatic N) is 3. The van der Waals surface area contributed by atoms with Gasteiger partial charge in [-0.3, -0.25) is 9.69 Å². The zero-order valence-corrected chi connectivity index (χ0v) is 14.7. The van der Waals surface area contributed by atoms with Crippen molar-refractivity contribution < 1.29 is 4.79 Å². The van der Waals surface area contributed by atoms with Crippen molar-refractivity contribution in [1.29, 1.82) is 0 Å². The van der Waals surface area contributed by atoms with Crippen molar-refractivity contribution in [3.05, 3.63) is 35.9 Å². The third-order valence-corrected chi connectivity index (χ3v) is 4.42. The number of pyridine rings is 1. The SMILES string of the molecule is Cc1cc(N2CCN(CC(=O)NC(C)C)CC2)nc2ccccc12. The molecule has 1 amide bonds. The summed E-state index contributed by atoms with van der Waals surface area (Å²) in [6.07, 6.45) is 0. The number of amides is 1. The quantitative estimate of drug-likeness (QED) is 0.936. The highest BCUT2D eigenvalue weighted by molar-refractivity contribution is 5.83. The molecule has 24 heavy (non-hydrogen) atoms. The molecule has 0 unspecified atom stereocenters. The van der Waals surface area contributed by atoms with E-state index in [1.807, 2.05) is 19.9 Å². The molecule has 128 valence electrons. The molecule has 0 spiro atoms. The zero-order valence-electron chi connectivity index (χ0n) is 14.7. The van der Waals surface area contributed by atoms with E-state index in [9.17, 15) is 4.79 Å². The maximum Gasteiger partial charge on any atom is 0.234 e. The van der Waals surface area contributed by atoms with Gasteiger partial charge < -0.3 is 10.2 Å². The Kier molecular flexibility index (Phi) is 5.00. The van der Waals surface area contributed by atoms with E-state index in [0.717, 1.165) is 37.5 Å². The largest absolute Gasteiger partial charge is 0.354 e. The van der Waals surface area contributed by atoms with Crippen LogP contribution in [-0.4, -0.2) is 54.6 Å². The fourth-order valence-corrected chi connectivity index (χ4v) is 3.20. The van der Waals surface area contributed by atoms with Gasteiger partial charge in [0.25, 0.3) is 0 Å². The van der Waals surface area contributed by atoms with Gasteiger partial charge in [-0.1, -0.05) is 18.2 Å². The molecule has 3 rings (SSSR count). The predicted octanol–water partition coefficient (Wildman–Crippen LogP) is 2.19. The van der Waals surface area contributed by atoms with Crippen molar-refractivity contribution in [1.82, 2.24) is 15.2 Å². The van der Waals surface area contributed by atoms with Gasteiger partial charge in [-0.15, -0.1) is 0 Å². The first-order chi connectivity index (χ1) is 11.5. The Morgan fingerprint density at radius 3 is 2.62 bits per heavy atom. The number of carbonyl (C=O) groups is 1. The fourth-order valence-electron chi connectivity index (χ4n) is 3.20. The molecule has 1 aromatic carbocycles. The summed E-state index contributed by atoms with van der Waals surface area (Å²) in [4.78, 5) is 21.2. The van der Waals surface area contributed by atoms with Crippen LogP contribution in [0.1, 0.15) is 19.4 Å². The Morgan fingerprint density at radius 2 is 1.92 bits per heavy atom. The van der Waals surface area contributed by atoms with E-state index in [2.05, 4.69) is 46.3 Å². The second-order valence-corrected chi connectivity index (χ2v) is 6.80. The van der Waals surface area contributed by atoms with E-state index in [1.54, 1.807) is 0 Å². The van der Waals surface area contributed by atoms with E-state index in [-0.39, 0.29) is 11.9 Å². The number of carbonyl (C=O) groups excluding carboxylic acids is 1. The number of hydrogen-bond donors (Lipinski definition) is 1. The Balaban J connectivity index is 1.63. The average molecular weight is 326 g/mol. The van der Waals surface area contributed by atoms with Gasteiger partial charge >= 0.3 is 0 Å². The highest BCUT2D eigenvalue weighted by Crippen LogP contribution is 2.23. The highest BCUT2D eigenvalue weighted by atomic mass is 16.2. The molecule has 2 heterocycles. The van der Waals surface area contributed by atoms with E-state index >= 15 is 0 Å². The maximum absolute atomic E-state index is 11.9. The van der Waals surface area contributed by atoms with Gasteiger partial charge in [0, 0.05) is 37.6 Å². The normalized spacial score (nSPS) is 15.9. The molecule has 0 radical (unpaired) electrons. The third kappa shape index (κ3) is 3.85. The van der Waals surface area contributed by atoms with Crippen molar-refractivity contribution in [2.24, 2.45) is 0 Å². The van der Waals surface area contributed by atoms with Crippen molar-refractivity contribution in [2.75, 3.05) is 37.6 Å². The summed E-state index contributed by atoms with van der Waals surface area (Å²) < 4.78 is 0. The number of aromatic nitrogens is 1. The minimum Gasteiger partial charge on any atom is -0.354 e. The molecule has 1 saturated heterocycles. The van der Waals surface area contributed by atoms with Crippen molar-refractivity contribution in [3.63, 3.8) is 0 Å². The first-order valence-corrected chi connectivity index (χ1v) is 8.66. The third-order valence-electron chi connectivity index (χ3n) is 4.42. The molecule has 0 bridgehead atoms. The molecule has 2 aromatic rings. The lowest BCUT2D eigenvalue weighted by atomic mass is 10.1. The minimum absolute atomic E-state index is 0.109.